The minimum atomic E-state index is -0.303. The summed E-state index contributed by atoms with van der Waals surface area (Å²) in [6, 6.07) is 6.01. The van der Waals surface area contributed by atoms with Crippen LogP contribution in [0.2, 0.25) is 0 Å². The van der Waals surface area contributed by atoms with Crippen molar-refractivity contribution in [1.29, 1.82) is 0 Å². The van der Waals surface area contributed by atoms with Crippen LogP contribution in [0.5, 0.6) is 0 Å². The molecule has 1 heterocycles. The van der Waals surface area contributed by atoms with Gasteiger partial charge in [-0.2, -0.15) is 4.98 Å². The van der Waals surface area contributed by atoms with E-state index in [0.717, 1.165) is 23.2 Å². The number of anilines is 1. The molecule has 0 aliphatic carbocycles. The third kappa shape index (κ3) is 2.50. The van der Waals surface area contributed by atoms with Crippen LogP contribution in [0.3, 0.4) is 0 Å². The van der Waals surface area contributed by atoms with Crippen molar-refractivity contribution in [1.82, 2.24) is 14.5 Å². The Morgan fingerprint density at radius 2 is 2.05 bits per heavy atom. The monoisotopic (exact) mass is 258 g/mol. The van der Waals surface area contributed by atoms with Gasteiger partial charge in [0.15, 0.2) is 0 Å². The lowest BCUT2D eigenvalue weighted by atomic mass is 10.1. The van der Waals surface area contributed by atoms with Crippen LogP contribution >= 0.6 is 0 Å². The van der Waals surface area contributed by atoms with Gasteiger partial charge in [0, 0.05) is 14.1 Å². The predicted molar refractivity (Wildman–Crippen MR) is 76.1 cm³/mol. The minimum Gasteiger partial charge on any atom is -0.347 e. The van der Waals surface area contributed by atoms with Gasteiger partial charge < -0.3 is 4.90 Å². The van der Waals surface area contributed by atoms with E-state index in [1.54, 1.807) is 11.2 Å². The molecule has 0 atom stereocenters. The number of nitrogens with zero attached hydrogens (tertiary/aromatic N) is 4. The number of hydrogen-bond donors (Lipinski definition) is 0. The van der Waals surface area contributed by atoms with Gasteiger partial charge in [0.05, 0.1) is 5.69 Å². The smallest absolute Gasteiger partial charge is 0.347 e. The largest absolute Gasteiger partial charge is 0.356 e. The average Bonchev–Trinajstić information content (AvgIpc) is 2.38. The van der Waals surface area contributed by atoms with Gasteiger partial charge in [0.25, 0.3) is 0 Å². The molecule has 0 spiro atoms. The lowest BCUT2D eigenvalue weighted by Crippen LogP contribution is -2.27. The Hall–Kier alpha value is -2.17. The van der Waals surface area contributed by atoms with E-state index in [0.29, 0.717) is 5.95 Å². The van der Waals surface area contributed by atoms with Gasteiger partial charge in [-0.3, -0.25) is 4.57 Å². The third-order valence-electron chi connectivity index (χ3n) is 3.03. The van der Waals surface area contributed by atoms with E-state index in [-0.39, 0.29) is 5.69 Å². The highest BCUT2D eigenvalue weighted by molar-refractivity contribution is 5.47. The number of aromatic nitrogens is 3. The summed E-state index contributed by atoms with van der Waals surface area (Å²) in [5, 5.41) is 0. The molecule has 0 saturated heterocycles. The molecule has 0 aliphatic heterocycles. The number of hydrogen-bond acceptors (Lipinski definition) is 4. The fraction of sp³-hybridized carbons (Fsp3) is 0.357. The molecule has 0 unspecified atom stereocenters. The maximum Gasteiger partial charge on any atom is 0.356 e. The van der Waals surface area contributed by atoms with Crippen LogP contribution in [0, 0.1) is 6.92 Å². The second-order valence-corrected chi connectivity index (χ2v) is 4.64. The molecule has 100 valence electrons. The first-order valence-corrected chi connectivity index (χ1v) is 6.26. The first kappa shape index (κ1) is 13.3. The fourth-order valence-corrected chi connectivity index (χ4v) is 2.05. The van der Waals surface area contributed by atoms with Crippen LogP contribution in [0.1, 0.15) is 18.1 Å². The highest BCUT2D eigenvalue weighted by Gasteiger charge is 2.10. The summed E-state index contributed by atoms with van der Waals surface area (Å²) in [5.41, 5.74) is 2.74. The van der Waals surface area contributed by atoms with Gasteiger partial charge >= 0.3 is 5.69 Å². The maximum atomic E-state index is 12.2. The molecule has 19 heavy (non-hydrogen) atoms. The van der Waals surface area contributed by atoms with Crippen molar-refractivity contribution in [3.8, 4) is 5.69 Å². The standard InChI is InChI=1S/C14H18N4O/c1-5-11-8-6-7-10(2)12(11)18-9-15-13(17(3)4)16-14(18)19/h6-9H,5H2,1-4H3. The van der Waals surface area contributed by atoms with Crippen LogP contribution in [0.25, 0.3) is 5.69 Å². The predicted octanol–water partition coefficient (Wildman–Crippen LogP) is 1.56. The van der Waals surface area contributed by atoms with Crippen molar-refractivity contribution in [2.24, 2.45) is 0 Å². The van der Waals surface area contributed by atoms with Gasteiger partial charge in [-0.1, -0.05) is 25.1 Å². The molecule has 0 fully saturated rings. The molecule has 1 aromatic carbocycles. The van der Waals surface area contributed by atoms with Crippen molar-refractivity contribution in [3.63, 3.8) is 0 Å². The van der Waals surface area contributed by atoms with Crippen LogP contribution in [-0.2, 0) is 6.42 Å². The summed E-state index contributed by atoms with van der Waals surface area (Å²) in [4.78, 5) is 22.1. The zero-order valence-electron chi connectivity index (χ0n) is 11.7. The van der Waals surface area contributed by atoms with Gasteiger partial charge in [0.2, 0.25) is 5.95 Å². The highest BCUT2D eigenvalue weighted by Crippen LogP contribution is 2.18. The zero-order chi connectivity index (χ0) is 14.0. The van der Waals surface area contributed by atoms with Crippen LogP contribution in [0.15, 0.2) is 29.3 Å². The first-order chi connectivity index (χ1) is 9.04. The zero-order valence-corrected chi connectivity index (χ0v) is 11.7. The van der Waals surface area contributed by atoms with Gasteiger partial charge in [-0.05, 0) is 24.5 Å². The Morgan fingerprint density at radius 3 is 2.63 bits per heavy atom. The Kier molecular flexibility index (Phi) is 3.64. The van der Waals surface area contributed by atoms with Crippen molar-refractivity contribution in [2.45, 2.75) is 20.3 Å². The van der Waals surface area contributed by atoms with Crippen molar-refractivity contribution in [3.05, 3.63) is 46.1 Å². The Balaban J connectivity index is 2.63. The van der Waals surface area contributed by atoms with E-state index in [1.807, 2.05) is 39.2 Å². The van der Waals surface area contributed by atoms with Crippen LogP contribution in [0.4, 0.5) is 5.95 Å². The molecule has 0 bridgehead atoms. The van der Waals surface area contributed by atoms with Crippen LogP contribution < -0.4 is 10.6 Å². The SMILES string of the molecule is CCc1cccc(C)c1-n1cnc(N(C)C)nc1=O. The number of benzene rings is 1. The summed E-state index contributed by atoms with van der Waals surface area (Å²) in [6.07, 6.45) is 2.41. The molecule has 0 saturated carbocycles. The van der Waals surface area contributed by atoms with Crippen molar-refractivity contribution in [2.75, 3.05) is 19.0 Å². The normalized spacial score (nSPS) is 10.5. The quantitative estimate of drug-likeness (QED) is 0.838. The summed E-state index contributed by atoms with van der Waals surface area (Å²) in [7, 11) is 3.62. The van der Waals surface area contributed by atoms with Gasteiger partial charge in [-0.25, -0.2) is 9.78 Å². The van der Waals surface area contributed by atoms with E-state index < -0.39 is 0 Å². The van der Waals surface area contributed by atoms with E-state index in [2.05, 4.69) is 16.9 Å². The van der Waals surface area contributed by atoms with E-state index in [1.165, 1.54) is 4.57 Å². The molecule has 2 aromatic rings. The molecular weight excluding hydrogens is 240 g/mol. The van der Waals surface area contributed by atoms with E-state index >= 15 is 0 Å². The molecule has 5 heteroatoms. The molecule has 1 aromatic heterocycles. The second-order valence-electron chi connectivity index (χ2n) is 4.64. The molecule has 0 radical (unpaired) electrons. The fourth-order valence-electron chi connectivity index (χ4n) is 2.05. The molecule has 0 amide bonds. The molecular formula is C14H18N4O. The van der Waals surface area contributed by atoms with E-state index in [4.69, 9.17) is 0 Å². The molecule has 0 N–H and O–H groups in total. The number of para-hydroxylation sites is 1. The Bertz CT molecular complexity index is 646. The lowest BCUT2D eigenvalue weighted by Gasteiger charge is -2.14. The minimum absolute atomic E-state index is 0.303. The maximum absolute atomic E-state index is 12.2. The summed E-state index contributed by atoms with van der Waals surface area (Å²) in [5.74, 6) is 0.424. The molecule has 5 nitrogen and oxygen atoms in total. The van der Waals surface area contributed by atoms with Crippen LogP contribution in [-0.4, -0.2) is 28.6 Å². The lowest BCUT2D eigenvalue weighted by molar-refractivity contribution is 0.823. The topological polar surface area (TPSA) is 51.0 Å². The molecule has 2 rings (SSSR count). The second kappa shape index (κ2) is 5.22. The van der Waals surface area contributed by atoms with Crippen molar-refractivity contribution >= 4 is 5.95 Å². The summed E-state index contributed by atoms with van der Waals surface area (Å²) >= 11 is 0. The van der Waals surface area contributed by atoms with Gasteiger partial charge in [0.1, 0.15) is 6.33 Å². The Morgan fingerprint density at radius 1 is 1.32 bits per heavy atom. The summed E-state index contributed by atoms with van der Waals surface area (Å²) < 4.78 is 1.52. The Labute approximate surface area is 112 Å². The average molecular weight is 258 g/mol. The summed E-state index contributed by atoms with van der Waals surface area (Å²) in [6.45, 7) is 4.05. The van der Waals surface area contributed by atoms with Gasteiger partial charge in [-0.15, -0.1) is 0 Å². The number of aryl methyl sites for hydroxylation is 2. The molecule has 0 aliphatic rings. The number of rotatable bonds is 3. The highest BCUT2D eigenvalue weighted by atomic mass is 16.1. The van der Waals surface area contributed by atoms with E-state index in [9.17, 15) is 4.79 Å². The third-order valence-corrected chi connectivity index (χ3v) is 3.03. The van der Waals surface area contributed by atoms with Crippen molar-refractivity contribution < 1.29 is 0 Å². The first-order valence-electron chi connectivity index (χ1n) is 6.26.